The summed E-state index contributed by atoms with van der Waals surface area (Å²) in [5.74, 6) is -0.834. The van der Waals surface area contributed by atoms with E-state index in [1.807, 2.05) is 13.8 Å². The Morgan fingerprint density at radius 2 is 1.86 bits per heavy atom. The van der Waals surface area contributed by atoms with E-state index in [1.54, 1.807) is 30.3 Å². The molecule has 0 aliphatic carbocycles. The molecule has 3 aromatic rings. The third kappa shape index (κ3) is 7.54. The quantitative estimate of drug-likeness (QED) is 0.312. The first-order valence-corrected chi connectivity index (χ1v) is 11.3. The first kappa shape index (κ1) is 26.2. The van der Waals surface area contributed by atoms with Gasteiger partial charge in [-0.3, -0.25) is 4.79 Å². The van der Waals surface area contributed by atoms with Crippen molar-refractivity contribution < 1.29 is 24.5 Å². The maximum absolute atomic E-state index is 13.6. The van der Waals surface area contributed by atoms with Gasteiger partial charge in [-0.25, -0.2) is 19.3 Å². The third-order valence-corrected chi connectivity index (χ3v) is 5.24. The molecule has 0 amide bonds. The number of pyridine rings is 1. The third-order valence-electron chi connectivity index (χ3n) is 5.02. The van der Waals surface area contributed by atoms with Gasteiger partial charge in [0.2, 0.25) is 5.95 Å². The summed E-state index contributed by atoms with van der Waals surface area (Å²) in [5, 5.41) is 32.5. The molecule has 0 spiro atoms. The van der Waals surface area contributed by atoms with Crippen molar-refractivity contribution in [2.45, 2.75) is 44.8 Å². The van der Waals surface area contributed by atoms with Gasteiger partial charge < -0.3 is 20.6 Å². The molecule has 2 heterocycles. The Bertz CT molecular complexity index is 1190. The number of hydrogen-bond acceptors (Lipinski definition) is 7. The van der Waals surface area contributed by atoms with Gasteiger partial charge in [0.05, 0.1) is 35.0 Å². The normalized spacial score (nSPS) is 13.2. The number of nitrogens with one attached hydrogen (secondary N) is 1. The number of carboxylic acids is 1. The first-order chi connectivity index (χ1) is 16.6. The van der Waals surface area contributed by atoms with Crippen LogP contribution >= 0.6 is 11.6 Å². The predicted molar refractivity (Wildman–Crippen MR) is 132 cm³/mol. The van der Waals surface area contributed by atoms with E-state index >= 15 is 0 Å². The Labute approximate surface area is 207 Å². The van der Waals surface area contributed by atoms with Crippen LogP contribution in [0.15, 0.2) is 48.7 Å². The summed E-state index contributed by atoms with van der Waals surface area (Å²) >= 11 is 5.91. The van der Waals surface area contributed by atoms with Gasteiger partial charge in [0.25, 0.3) is 0 Å². The second-order valence-corrected chi connectivity index (χ2v) is 8.69. The van der Waals surface area contributed by atoms with E-state index in [0.717, 1.165) is 0 Å². The Balaban J connectivity index is 2.03. The molecule has 0 saturated heterocycles. The number of nitrogens with zero attached hydrogens (tertiary/aromatic N) is 3. The SMILES string of the molecule is CC(C)c1nc(Nc2ccc(Cl)cn2)nc(-c2ccc(F)cc2)c1/C=C/[C@@H](O)C[C@@H](O)CC(=O)O. The molecule has 0 unspecified atom stereocenters. The van der Waals surface area contributed by atoms with E-state index in [4.69, 9.17) is 16.7 Å². The zero-order valence-electron chi connectivity index (χ0n) is 19.2. The highest BCUT2D eigenvalue weighted by Crippen LogP contribution is 2.31. The molecule has 3 rings (SSSR count). The van der Waals surface area contributed by atoms with Crippen molar-refractivity contribution >= 4 is 35.4 Å². The lowest BCUT2D eigenvalue weighted by Crippen LogP contribution is -2.19. The van der Waals surface area contributed by atoms with Gasteiger partial charge in [0.1, 0.15) is 11.6 Å². The smallest absolute Gasteiger partial charge is 0.305 e. The second-order valence-electron chi connectivity index (χ2n) is 8.26. The van der Waals surface area contributed by atoms with Crippen molar-refractivity contribution in [1.29, 1.82) is 0 Å². The molecule has 0 bridgehead atoms. The van der Waals surface area contributed by atoms with Crippen LogP contribution in [0.25, 0.3) is 17.3 Å². The van der Waals surface area contributed by atoms with Crippen LogP contribution in [-0.4, -0.2) is 48.4 Å². The molecule has 1 aromatic carbocycles. The average Bonchev–Trinajstić information content (AvgIpc) is 2.79. The van der Waals surface area contributed by atoms with E-state index in [9.17, 15) is 19.4 Å². The molecule has 0 aliphatic heterocycles. The summed E-state index contributed by atoms with van der Waals surface area (Å²) in [4.78, 5) is 24.3. The number of carbonyl (C=O) groups is 1. The lowest BCUT2D eigenvalue weighted by Gasteiger charge is -2.17. The van der Waals surface area contributed by atoms with E-state index in [2.05, 4.69) is 20.3 Å². The molecular weight excluding hydrogens is 475 g/mol. The Hall–Kier alpha value is -3.40. The van der Waals surface area contributed by atoms with Crippen molar-refractivity contribution in [1.82, 2.24) is 15.0 Å². The van der Waals surface area contributed by atoms with Crippen LogP contribution in [0.2, 0.25) is 5.02 Å². The highest BCUT2D eigenvalue weighted by Gasteiger charge is 2.19. The van der Waals surface area contributed by atoms with Gasteiger partial charge in [-0.1, -0.05) is 37.6 Å². The summed E-state index contributed by atoms with van der Waals surface area (Å²) < 4.78 is 13.6. The molecule has 184 valence electrons. The topological polar surface area (TPSA) is 128 Å². The number of aliphatic carboxylic acids is 1. The van der Waals surface area contributed by atoms with Gasteiger partial charge in [-0.05, 0) is 42.3 Å². The van der Waals surface area contributed by atoms with Gasteiger partial charge in [0, 0.05) is 23.7 Å². The van der Waals surface area contributed by atoms with Crippen LogP contribution in [0.4, 0.5) is 16.2 Å². The molecular formula is C25H26ClFN4O4. The standard InChI is InChI=1S/C25H26ClFN4O4/c1-14(2)23-20(9-8-18(32)11-19(33)12-22(34)35)24(15-3-6-17(27)7-4-15)31-25(30-23)29-21-10-5-16(26)13-28-21/h3-10,13-14,18-19,32-33H,11-12H2,1-2H3,(H,34,35)(H,28,29,30,31)/b9-8+/t18-,19-/m1/s1. The first-order valence-electron chi connectivity index (χ1n) is 10.9. The minimum Gasteiger partial charge on any atom is -0.481 e. The summed E-state index contributed by atoms with van der Waals surface area (Å²) in [6.45, 7) is 3.90. The van der Waals surface area contributed by atoms with Crippen LogP contribution in [-0.2, 0) is 4.79 Å². The highest BCUT2D eigenvalue weighted by molar-refractivity contribution is 6.30. The number of aliphatic hydroxyl groups excluding tert-OH is 2. The van der Waals surface area contributed by atoms with Crippen LogP contribution in [0.3, 0.4) is 0 Å². The highest BCUT2D eigenvalue weighted by atomic mass is 35.5. The Morgan fingerprint density at radius 3 is 2.46 bits per heavy atom. The predicted octanol–water partition coefficient (Wildman–Crippen LogP) is 4.80. The van der Waals surface area contributed by atoms with Gasteiger partial charge in [-0.2, -0.15) is 0 Å². The zero-order chi connectivity index (χ0) is 25.5. The van der Waals surface area contributed by atoms with Gasteiger partial charge in [-0.15, -0.1) is 0 Å². The molecule has 2 aromatic heterocycles. The average molecular weight is 501 g/mol. The van der Waals surface area contributed by atoms with Crippen molar-refractivity contribution in [2.24, 2.45) is 0 Å². The maximum atomic E-state index is 13.6. The molecule has 8 nitrogen and oxygen atoms in total. The number of hydrogen-bond donors (Lipinski definition) is 4. The number of carboxylic acid groups (broad SMARTS) is 1. The fourth-order valence-corrected chi connectivity index (χ4v) is 3.50. The van der Waals surface area contributed by atoms with E-state index < -0.39 is 30.4 Å². The largest absolute Gasteiger partial charge is 0.481 e. The molecule has 10 heteroatoms. The van der Waals surface area contributed by atoms with Gasteiger partial charge >= 0.3 is 5.97 Å². The van der Waals surface area contributed by atoms with Crippen LogP contribution in [0.1, 0.15) is 43.9 Å². The molecule has 2 atom stereocenters. The molecule has 4 N–H and O–H groups in total. The molecule has 0 fully saturated rings. The monoisotopic (exact) mass is 500 g/mol. The molecule has 0 saturated carbocycles. The van der Waals surface area contributed by atoms with E-state index in [0.29, 0.717) is 33.4 Å². The number of aliphatic hydroxyl groups is 2. The fourth-order valence-electron chi connectivity index (χ4n) is 3.39. The summed E-state index contributed by atoms with van der Waals surface area (Å²) in [7, 11) is 0. The zero-order valence-corrected chi connectivity index (χ0v) is 19.9. The molecule has 0 radical (unpaired) electrons. The number of anilines is 2. The molecule has 0 aliphatic rings. The summed E-state index contributed by atoms with van der Waals surface area (Å²) in [6, 6.07) is 9.20. The lowest BCUT2D eigenvalue weighted by atomic mass is 9.97. The van der Waals surface area contributed by atoms with Crippen LogP contribution in [0.5, 0.6) is 0 Å². The second kappa shape index (κ2) is 11.8. The summed E-state index contributed by atoms with van der Waals surface area (Å²) in [6.07, 6.45) is 1.68. The minimum absolute atomic E-state index is 0.0506. The maximum Gasteiger partial charge on any atom is 0.305 e. The van der Waals surface area contributed by atoms with Crippen LogP contribution in [0, 0.1) is 5.82 Å². The Kier molecular flexibility index (Phi) is 8.86. The Morgan fingerprint density at radius 1 is 1.14 bits per heavy atom. The van der Waals surface area contributed by atoms with E-state index in [-0.39, 0.29) is 18.3 Å². The lowest BCUT2D eigenvalue weighted by molar-refractivity contribution is -0.139. The van der Waals surface area contributed by atoms with Crippen molar-refractivity contribution in [3.63, 3.8) is 0 Å². The molecule has 35 heavy (non-hydrogen) atoms. The number of halogens is 2. The number of rotatable bonds is 10. The van der Waals surface area contributed by atoms with Crippen LogP contribution < -0.4 is 5.32 Å². The van der Waals surface area contributed by atoms with Gasteiger partial charge in [0.15, 0.2) is 0 Å². The number of aromatic nitrogens is 3. The van der Waals surface area contributed by atoms with E-state index in [1.165, 1.54) is 24.4 Å². The minimum atomic E-state index is -1.19. The number of benzene rings is 1. The fraction of sp³-hybridized carbons (Fsp3) is 0.280. The summed E-state index contributed by atoms with van der Waals surface area (Å²) in [5.41, 5.74) is 2.39. The van der Waals surface area contributed by atoms with Crippen molar-refractivity contribution in [3.05, 3.63) is 70.8 Å². The van der Waals surface area contributed by atoms with Crippen molar-refractivity contribution in [2.75, 3.05) is 5.32 Å². The van der Waals surface area contributed by atoms with Crippen molar-refractivity contribution in [3.8, 4) is 11.3 Å².